The Balaban J connectivity index is 1.60. The van der Waals surface area contributed by atoms with Gasteiger partial charge in [0.15, 0.2) is 17.0 Å². The topological polar surface area (TPSA) is 64.7 Å². The molecule has 1 aliphatic rings. The molecule has 2 aromatic carbocycles. The van der Waals surface area contributed by atoms with E-state index in [4.69, 9.17) is 38.2 Å². The Morgan fingerprint density at radius 1 is 0.923 bits per heavy atom. The highest BCUT2D eigenvalue weighted by atomic mass is 35.5. The molecule has 0 amide bonds. The number of piperidine rings is 1. The molecule has 39 heavy (non-hydrogen) atoms. The molecule has 0 aliphatic carbocycles. The quantitative estimate of drug-likeness (QED) is 0.231. The van der Waals surface area contributed by atoms with E-state index in [9.17, 15) is 13.2 Å². The van der Waals surface area contributed by atoms with Gasteiger partial charge in [-0.2, -0.15) is 28.2 Å². The van der Waals surface area contributed by atoms with Crippen molar-refractivity contribution in [3.63, 3.8) is 0 Å². The van der Waals surface area contributed by atoms with Gasteiger partial charge in [0.2, 0.25) is 0 Å². The van der Waals surface area contributed by atoms with Crippen LogP contribution in [0.25, 0.3) is 34.2 Å². The van der Waals surface area contributed by atoms with Gasteiger partial charge in [-0.25, -0.2) is 9.67 Å². The fourth-order valence-corrected chi connectivity index (χ4v) is 5.20. The largest absolute Gasteiger partial charge is 0.391 e. The third-order valence-corrected chi connectivity index (χ3v) is 7.43. The van der Waals surface area contributed by atoms with Gasteiger partial charge in [0, 0.05) is 35.6 Å². The van der Waals surface area contributed by atoms with E-state index in [0.717, 1.165) is 11.3 Å². The fourth-order valence-electron chi connectivity index (χ4n) is 4.85. The monoisotopic (exact) mass is 571 g/mol. The molecule has 1 saturated heterocycles. The average Bonchev–Trinajstić information content (AvgIpc) is 3.52. The maximum Gasteiger partial charge on any atom is 0.391 e. The molecule has 0 saturated carbocycles. The van der Waals surface area contributed by atoms with E-state index in [-0.39, 0.29) is 31.9 Å². The number of hydrogen-bond acceptors (Lipinski definition) is 5. The number of hydrogen-bond donors (Lipinski definition) is 0. The highest BCUT2D eigenvalue weighted by Gasteiger charge is 2.41. The molecule has 12 heteroatoms. The van der Waals surface area contributed by atoms with Crippen LogP contribution < -0.4 is 4.90 Å². The van der Waals surface area contributed by atoms with Gasteiger partial charge in [-0.3, -0.25) is 4.57 Å². The summed E-state index contributed by atoms with van der Waals surface area (Å²) in [6.45, 7) is 2.27. The Hall–Kier alpha value is -3.63. The first kappa shape index (κ1) is 25.6. The van der Waals surface area contributed by atoms with Crippen LogP contribution >= 0.6 is 23.2 Å². The Morgan fingerprint density at radius 3 is 2.28 bits per heavy atom. The summed E-state index contributed by atoms with van der Waals surface area (Å²) in [5.41, 5.74) is 3.25. The number of alkyl halides is 3. The van der Waals surface area contributed by atoms with Crippen LogP contribution in [0.15, 0.2) is 60.9 Å². The maximum atomic E-state index is 13.4. The second-order valence-corrected chi connectivity index (χ2v) is 10.4. The predicted molar refractivity (Wildman–Crippen MR) is 145 cm³/mol. The van der Waals surface area contributed by atoms with Crippen molar-refractivity contribution in [2.45, 2.75) is 25.9 Å². The number of fused-ring (bicyclic) bond motifs is 1. The smallest absolute Gasteiger partial charge is 0.355 e. The lowest BCUT2D eigenvalue weighted by molar-refractivity contribution is -0.179. The molecular formula is C27H22Cl2F3N7. The first-order valence-electron chi connectivity index (χ1n) is 12.3. The highest BCUT2D eigenvalue weighted by molar-refractivity contribution is 6.33. The van der Waals surface area contributed by atoms with E-state index >= 15 is 0 Å². The summed E-state index contributed by atoms with van der Waals surface area (Å²) in [5, 5.41) is 5.43. The van der Waals surface area contributed by atoms with Crippen molar-refractivity contribution in [3.8, 4) is 23.0 Å². The van der Waals surface area contributed by atoms with Crippen LogP contribution in [0.4, 0.5) is 19.0 Å². The zero-order valence-electron chi connectivity index (χ0n) is 20.7. The van der Waals surface area contributed by atoms with Crippen LogP contribution in [0, 0.1) is 12.8 Å². The molecule has 0 atom stereocenters. The van der Waals surface area contributed by atoms with E-state index in [2.05, 4.69) is 5.10 Å². The summed E-state index contributed by atoms with van der Waals surface area (Å²) in [7, 11) is 0. The number of anilines is 1. The molecule has 5 aromatic rings. The molecule has 0 radical (unpaired) electrons. The van der Waals surface area contributed by atoms with E-state index in [1.54, 1.807) is 35.3 Å². The van der Waals surface area contributed by atoms with Crippen LogP contribution in [0.3, 0.4) is 0 Å². The lowest BCUT2D eigenvalue weighted by Crippen LogP contribution is -2.39. The third-order valence-electron chi connectivity index (χ3n) is 6.85. The molecule has 0 bridgehead atoms. The molecule has 1 aliphatic heterocycles. The van der Waals surface area contributed by atoms with E-state index in [1.165, 1.54) is 0 Å². The van der Waals surface area contributed by atoms with Gasteiger partial charge in [-0.1, -0.05) is 35.3 Å². The number of nitrogens with zero attached hydrogens (tertiary/aromatic N) is 7. The molecule has 0 N–H and O–H groups in total. The predicted octanol–water partition coefficient (Wildman–Crippen LogP) is 7.06. The van der Waals surface area contributed by atoms with Gasteiger partial charge >= 0.3 is 6.18 Å². The first-order chi connectivity index (χ1) is 18.7. The number of benzene rings is 2. The van der Waals surface area contributed by atoms with Crippen LogP contribution in [0.5, 0.6) is 0 Å². The van der Waals surface area contributed by atoms with Crippen molar-refractivity contribution < 1.29 is 13.2 Å². The normalized spacial score (nSPS) is 14.9. The standard InChI is InChI=1S/C27H22Cl2F3N7/c1-16-14-33-38(15-16)26-35-24(37-12-10-17(11-13-37)27(30,31)32)22-25(36-26)39(19-8-6-18(28)7-9-19)23(34-22)20-4-2-3-5-21(20)29/h2-9,14-15,17H,10-13H2,1H3. The van der Waals surface area contributed by atoms with Crippen LogP contribution in [-0.4, -0.2) is 48.6 Å². The Morgan fingerprint density at radius 2 is 1.64 bits per heavy atom. The molecule has 0 spiro atoms. The SMILES string of the molecule is Cc1cnn(-c2nc(N3CCC(C(F)(F)F)CC3)c3nc(-c4ccccc4Cl)n(-c4ccc(Cl)cc4)c3n2)c1. The molecule has 4 heterocycles. The van der Waals surface area contributed by atoms with Gasteiger partial charge in [-0.05, 0) is 61.7 Å². The zero-order chi connectivity index (χ0) is 27.3. The maximum absolute atomic E-state index is 13.4. The minimum atomic E-state index is -4.22. The van der Waals surface area contributed by atoms with E-state index < -0.39 is 12.1 Å². The van der Waals surface area contributed by atoms with Gasteiger partial charge in [0.05, 0.1) is 17.1 Å². The van der Waals surface area contributed by atoms with Crippen molar-refractivity contribution >= 4 is 40.2 Å². The van der Waals surface area contributed by atoms with Gasteiger partial charge in [0.25, 0.3) is 5.95 Å². The van der Waals surface area contributed by atoms with Crippen molar-refractivity contribution in [3.05, 3.63) is 76.5 Å². The number of aromatic nitrogens is 6. The fraction of sp³-hybridized carbons (Fsp3) is 0.259. The Bertz CT molecular complexity index is 1650. The second kappa shape index (κ2) is 9.84. The zero-order valence-corrected chi connectivity index (χ0v) is 22.2. The van der Waals surface area contributed by atoms with Crippen molar-refractivity contribution in [1.82, 2.24) is 29.3 Å². The molecule has 200 valence electrons. The van der Waals surface area contributed by atoms with E-state index in [1.807, 2.05) is 46.7 Å². The second-order valence-electron chi connectivity index (χ2n) is 9.51. The summed E-state index contributed by atoms with van der Waals surface area (Å²) in [5.74, 6) is -0.0915. The molecule has 6 rings (SSSR count). The Labute approximate surface area is 231 Å². The lowest BCUT2D eigenvalue weighted by Gasteiger charge is -2.33. The molecular weight excluding hydrogens is 550 g/mol. The molecule has 7 nitrogen and oxygen atoms in total. The summed E-state index contributed by atoms with van der Waals surface area (Å²) >= 11 is 12.8. The molecule has 3 aromatic heterocycles. The first-order valence-corrected chi connectivity index (χ1v) is 13.1. The summed E-state index contributed by atoms with van der Waals surface area (Å²) in [4.78, 5) is 16.4. The van der Waals surface area contributed by atoms with Gasteiger partial charge in [0.1, 0.15) is 5.82 Å². The number of halogens is 5. The Kier molecular flexibility index (Phi) is 6.47. The summed E-state index contributed by atoms with van der Waals surface area (Å²) in [6.07, 6.45) is -0.800. The van der Waals surface area contributed by atoms with Crippen molar-refractivity contribution in [2.24, 2.45) is 5.92 Å². The summed E-state index contributed by atoms with van der Waals surface area (Å²) in [6, 6.07) is 14.5. The average molecular weight is 572 g/mol. The van der Waals surface area contributed by atoms with Crippen molar-refractivity contribution in [2.75, 3.05) is 18.0 Å². The minimum Gasteiger partial charge on any atom is -0.355 e. The molecule has 1 fully saturated rings. The summed E-state index contributed by atoms with van der Waals surface area (Å²) < 4.78 is 43.7. The van der Waals surface area contributed by atoms with Crippen molar-refractivity contribution in [1.29, 1.82) is 0 Å². The number of aryl methyl sites for hydroxylation is 1. The highest BCUT2D eigenvalue weighted by Crippen LogP contribution is 2.39. The van der Waals surface area contributed by atoms with Gasteiger partial charge < -0.3 is 4.90 Å². The lowest BCUT2D eigenvalue weighted by atomic mass is 9.96. The van der Waals surface area contributed by atoms with Crippen LogP contribution in [-0.2, 0) is 0 Å². The van der Waals surface area contributed by atoms with Crippen LogP contribution in [0.2, 0.25) is 10.0 Å². The van der Waals surface area contributed by atoms with Crippen LogP contribution in [0.1, 0.15) is 18.4 Å². The number of imidazole rings is 1. The van der Waals surface area contributed by atoms with Gasteiger partial charge in [-0.15, -0.1) is 0 Å². The molecule has 0 unspecified atom stereocenters. The number of rotatable bonds is 4. The van der Waals surface area contributed by atoms with E-state index in [0.29, 0.717) is 38.4 Å². The minimum absolute atomic E-state index is 0.0273. The third kappa shape index (κ3) is 4.83.